The maximum atomic E-state index is 4.61. The molecule has 0 saturated heterocycles. The Morgan fingerprint density at radius 3 is 2.35 bits per heavy atom. The van der Waals surface area contributed by atoms with Crippen molar-refractivity contribution >= 4 is 27.0 Å². The molecule has 3 heteroatoms. The zero-order chi connectivity index (χ0) is 11.7. The van der Waals surface area contributed by atoms with Gasteiger partial charge < -0.3 is 0 Å². The molecule has 0 aliphatic carbocycles. The minimum atomic E-state index is 0.885. The van der Waals surface area contributed by atoms with Crippen LogP contribution in [0.4, 0.5) is 0 Å². The van der Waals surface area contributed by atoms with Crippen LogP contribution in [0.2, 0.25) is 0 Å². The van der Waals surface area contributed by atoms with Crippen molar-refractivity contribution in [3.05, 3.63) is 59.2 Å². The van der Waals surface area contributed by atoms with E-state index in [1.165, 1.54) is 0 Å². The standard InChI is InChI=1S/C14H9BrN2/c15-11-6-2-1-5-10(11)14-9-16-12-7-3-4-8-13(12)17-14/h1-9H. The molecule has 2 nitrogen and oxygen atoms in total. The summed E-state index contributed by atoms with van der Waals surface area (Å²) in [5, 5.41) is 0. The number of fused-ring (bicyclic) bond motifs is 1. The summed E-state index contributed by atoms with van der Waals surface area (Å²) in [5.41, 5.74) is 3.78. The second-order valence-corrected chi connectivity index (χ2v) is 4.58. The van der Waals surface area contributed by atoms with E-state index in [-0.39, 0.29) is 0 Å². The monoisotopic (exact) mass is 284 g/mol. The molecule has 82 valence electrons. The van der Waals surface area contributed by atoms with Gasteiger partial charge in [-0.1, -0.05) is 46.3 Å². The van der Waals surface area contributed by atoms with Gasteiger partial charge in [-0.25, -0.2) is 4.98 Å². The van der Waals surface area contributed by atoms with E-state index in [0.717, 1.165) is 26.8 Å². The number of benzene rings is 2. The molecule has 1 heterocycles. The van der Waals surface area contributed by atoms with E-state index >= 15 is 0 Å². The first-order valence-corrected chi connectivity index (χ1v) is 6.10. The normalized spacial score (nSPS) is 10.6. The van der Waals surface area contributed by atoms with Crippen LogP contribution in [0.1, 0.15) is 0 Å². The minimum Gasteiger partial charge on any atom is -0.252 e. The van der Waals surface area contributed by atoms with Crippen molar-refractivity contribution in [1.82, 2.24) is 9.97 Å². The molecule has 0 aliphatic rings. The fraction of sp³-hybridized carbons (Fsp3) is 0. The maximum absolute atomic E-state index is 4.61. The molecule has 0 bridgehead atoms. The molecule has 1 aromatic heterocycles. The van der Waals surface area contributed by atoms with Gasteiger partial charge in [-0.15, -0.1) is 0 Å². The zero-order valence-electron chi connectivity index (χ0n) is 8.97. The molecule has 0 radical (unpaired) electrons. The third kappa shape index (κ3) is 1.94. The second kappa shape index (κ2) is 4.26. The molecule has 0 N–H and O–H groups in total. The maximum Gasteiger partial charge on any atom is 0.0904 e. The van der Waals surface area contributed by atoms with Gasteiger partial charge in [-0.05, 0) is 18.2 Å². The van der Waals surface area contributed by atoms with Gasteiger partial charge in [0, 0.05) is 10.0 Å². The molecule has 0 atom stereocenters. The highest BCUT2D eigenvalue weighted by Gasteiger charge is 2.05. The Hall–Kier alpha value is -1.74. The van der Waals surface area contributed by atoms with E-state index in [9.17, 15) is 0 Å². The third-order valence-corrected chi connectivity index (χ3v) is 3.29. The van der Waals surface area contributed by atoms with Gasteiger partial charge in [0.1, 0.15) is 0 Å². The van der Waals surface area contributed by atoms with Crippen molar-refractivity contribution in [3.8, 4) is 11.3 Å². The lowest BCUT2D eigenvalue weighted by Gasteiger charge is -2.04. The number of para-hydroxylation sites is 2. The molecular weight excluding hydrogens is 276 g/mol. The predicted molar refractivity (Wildman–Crippen MR) is 72.7 cm³/mol. The van der Waals surface area contributed by atoms with Crippen molar-refractivity contribution in [2.45, 2.75) is 0 Å². The Balaban J connectivity index is 2.22. The van der Waals surface area contributed by atoms with Gasteiger partial charge in [0.15, 0.2) is 0 Å². The first-order chi connectivity index (χ1) is 8.34. The predicted octanol–water partition coefficient (Wildman–Crippen LogP) is 4.06. The lowest BCUT2D eigenvalue weighted by molar-refractivity contribution is 1.29. The lowest BCUT2D eigenvalue weighted by Crippen LogP contribution is -1.88. The molecule has 0 unspecified atom stereocenters. The van der Waals surface area contributed by atoms with Crippen molar-refractivity contribution in [3.63, 3.8) is 0 Å². The summed E-state index contributed by atoms with van der Waals surface area (Å²) in [4.78, 5) is 9.03. The smallest absolute Gasteiger partial charge is 0.0904 e. The molecule has 3 aromatic rings. The molecule has 0 aliphatic heterocycles. The van der Waals surface area contributed by atoms with E-state index in [0.29, 0.717) is 0 Å². The summed E-state index contributed by atoms with van der Waals surface area (Å²) in [6.45, 7) is 0. The van der Waals surface area contributed by atoms with Crippen LogP contribution in [0, 0.1) is 0 Å². The quantitative estimate of drug-likeness (QED) is 0.673. The van der Waals surface area contributed by atoms with Gasteiger partial charge in [-0.2, -0.15) is 0 Å². The van der Waals surface area contributed by atoms with Crippen LogP contribution in [0.3, 0.4) is 0 Å². The average Bonchev–Trinajstić information content (AvgIpc) is 2.39. The molecule has 3 rings (SSSR count). The largest absolute Gasteiger partial charge is 0.252 e. The van der Waals surface area contributed by atoms with E-state index in [1.54, 1.807) is 0 Å². The van der Waals surface area contributed by atoms with E-state index in [4.69, 9.17) is 0 Å². The van der Waals surface area contributed by atoms with Crippen LogP contribution in [0.25, 0.3) is 22.3 Å². The van der Waals surface area contributed by atoms with Gasteiger partial charge in [0.25, 0.3) is 0 Å². The fourth-order valence-corrected chi connectivity index (χ4v) is 2.24. The Morgan fingerprint density at radius 1 is 0.824 bits per heavy atom. The number of aromatic nitrogens is 2. The van der Waals surface area contributed by atoms with Crippen LogP contribution < -0.4 is 0 Å². The molecule has 0 saturated carbocycles. The Morgan fingerprint density at radius 2 is 1.53 bits per heavy atom. The topological polar surface area (TPSA) is 25.8 Å². The first kappa shape index (κ1) is 10.4. The van der Waals surface area contributed by atoms with Crippen molar-refractivity contribution in [1.29, 1.82) is 0 Å². The number of halogens is 1. The number of nitrogens with zero attached hydrogens (tertiary/aromatic N) is 2. The van der Waals surface area contributed by atoms with Crippen molar-refractivity contribution in [2.75, 3.05) is 0 Å². The van der Waals surface area contributed by atoms with E-state index < -0.39 is 0 Å². The van der Waals surface area contributed by atoms with Crippen LogP contribution >= 0.6 is 15.9 Å². The zero-order valence-corrected chi connectivity index (χ0v) is 10.6. The number of rotatable bonds is 1. The Bertz CT molecular complexity index is 680. The first-order valence-electron chi connectivity index (χ1n) is 5.31. The number of hydrogen-bond acceptors (Lipinski definition) is 2. The van der Waals surface area contributed by atoms with Crippen LogP contribution in [0.15, 0.2) is 59.2 Å². The summed E-state index contributed by atoms with van der Waals surface area (Å²) in [6.07, 6.45) is 1.81. The highest BCUT2D eigenvalue weighted by Crippen LogP contribution is 2.26. The molecule has 0 spiro atoms. The molecular formula is C14H9BrN2. The summed E-state index contributed by atoms with van der Waals surface area (Å²) in [5.74, 6) is 0. The van der Waals surface area contributed by atoms with Gasteiger partial charge in [-0.3, -0.25) is 4.98 Å². The van der Waals surface area contributed by atoms with Gasteiger partial charge in [0.2, 0.25) is 0 Å². The van der Waals surface area contributed by atoms with E-state index in [1.807, 2.05) is 54.7 Å². The third-order valence-electron chi connectivity index (χ3n) is 2.60. The summed E-state index contributed by atoms with van der Waals surface area (Å²) < 4.78 is 1.03. The Labute approximate surface area is 107 Å². The SMILES string of the molecule is Brc1ccccc1-c1cnc2ccccc2n1. The molecule has 17 heavy (non-hydrogen) atoms. The lowest BCUT2D eigenvalue weighted by atomic mass is 10.1. The summed E-state index contributed by atoms with van der Waals surface area (Å²) in [7, 11) is 0. The van der Waals surface area contributed by atoms with Gasteiger partial charge in [0.05, 0.1) is 22.9 Å². The van der Waals surface area contributed by atoms with E-state index in [2.05, 4.69) is 25.9 Å². The van der Waals surface area contributed by atoms with Crippen LogP contribution in [-0.4, -0.2) is 9.97 Å². The summed E-state index contributed by atoms with van der Waals surface area (Å²) >= 11 is 3.53. The van der Waals surface area contributed by atoms with Gasteiger partial charge >= 0.3 is 0 Å². The van der Waals surface area contributed by atoms with Crippen LogP contribution in [-0.2, 0) is 0 Å². The van der Waals surface area contributed by atoms with Crippen molar-refractivity contribution < 1.29 is 0 Å². The second-order valence-electron chi connectivity index (χ2n) is 3.72. The molecule has 0 amide bonds. The minimum absolute atomic E-state index is 0.885. The van der Waals surface area contributed by atoms with Crippen LogP contribution in [0.5, 0.6) is 0 Å². The Kier molecular flexibility index (Phi) is 2.61. The molecule has 2 aromatic carbocycles. The molecule has 0 fully saturated rings. The fourth-order valence-electron chi connectivity index (χ4n) is 1.76. The van der Waals surface area contributed by atoms with Crippen molar-refractivity contribution in [2.24, 2.45) is 0 Å². The summed E-state index contributed by atoms with van der Waals surface area (Å²) in [6, 6.07) is 15.9. The highest BCUT2D eigenvalue weighted by molar-refractivity contribution is 9.10. The average molecular weight is 285 g/mol. The number of hydrogen-bond donors (Lipinski definition) is 0. The highest BCUT2D eigenvalue weighted by atomic mass is 79.9.